The van der Waals surface area contributed by atoms with Crippen molar-refractivity contribution in [2.24, 2.45) is 5.92 Å². The van der Waals surface area contributed by atoms with E-state index in [2.05, 4.69) is 12.2 Å². The van der Waals surface area contributed by atoms with Crippen molar-refractivity contribution in [2.45, 2.75) is 26.2 Å². The monoisotopic (exact) mass is 329 g/mol. The summed E-state index contributed by atoms with van der Waals surface area (Å²) in [4.78, 5) is 11.8. The van der Waals surface area contributed by atoms with Crippen LogP contribution in [0.25, 0.3) is 6.08 Å². The van der Waals surface area contributed by atoms with E-state index in [0.29, 0.717) is 34.5 Å². The first-order valence-corrected chi connectivity index (χ1v) is 7.84. The maximum absolute atomic E-state index is 11.8. The molecule has 0 spiro atoms. The first-order valence-electron chi connectivity index (χ1n) is 7.09. The second-order valence-electron chi connectivity index (χ2n) is 4.88. The minimum Gasteiger partial charge on any atom is -0.396 e. The molecule has 0 bridgehead atoms. The fraction of sp³-hybridized carbons (Fsp3) is 0.438. The molecule has 0 saturated carbocycles. The summed E-state index contributed by atoms with van der Waals surface area (Å²) in [5, 5.41) is 12.8. The number of carbonyl (C=O) groups excluding carboxylic acids is 1. The maximum Gasteiger partial charge on any atom is 0.244 e. The van der Waals surface area contributed by atoms with Gasteiger partial charge in [-0.05, 0) is 37.0 Å². The third-order valence-corrected chi connectivity index (χ3v) is 3.86. The minimum absolute atomic E-state index is 0.144. The smallest absolute Gasteiger partial charge is 0.244 e. The Morgan fingerprint density at radius 2 is 2.00 bits per heavy atom. The SMILES string of the molecule is CCCC(CCO)CNC(=O)/C=C/c1c(Cl)cccc1Cl. The van der Waals surface area contributed by atoms with Crippen molar-refractivity contribution in [2.75, 3.05) is 13.2 Å². The molecule has 0 aliphatic rings. The average molecular weight is 330 g/mol. The molecule has 0 saturated heterocycles. The molecule has 116 valence electrons. The van der Waals surface area contributed by atoms with Gasteiger partial charge in [-0.25, -0.2) is 0 Å². The lowest BCUT2D eigenvalue weighted by Gasteiger charge is -2.14. The van der Waals surface area contributed by atoms with Gasteiger partial charge in [0.25, 0.3) is 0 Å². The van der Waals surface area contributed by atoms with Crippen molar-refractivity contribution in [3.8, 4) is 0 Å². The second-order valence-corrected chi connectivity index (χ2v) is 5.70. The highest BCUT2D eigenvalue weighted by atomic mass is 35.5. The molecule has 1 atom stereocenters. The molecule has 1 rings (SSSR count). The van der Waals surface area contributed by atoms with Crippen LogP contribution in [0, 0.1) is 5.92 Å². The topological polar surface area (TPSA) is 49.3 Å². The van der Waals surface area contributed by atoms with Crippen LogP contribution in [0.1, 0.15) is 31.7 Å². The zero-order chi connectivity index (χ0) is 15.7. The summed E-state index contributed by atoms with van der Waals surface area (Å²) in [6, 6.07) is 5.21. The van der Waals surface area contributed by atoms with Crippen LogP contribution in [-0.2, 0) is 4.79 Å². The Bertz CT molecular complexity index is 463. The molecule has 0 heterocycles. The lowest BCUT2D eigenvalue weighted by atomic mass is 10.0. The van der Waals surface area contributed by atoms with Gasteiger partial charge in [-0.3, -0.25) is 4.79 Å². The first kappa shape index (κ1) is 18.0. The molecular weight excluding hydrogens is 309 g/mol. The standard InChI is InChI=1S/C16H21Cl2NO2/c1-2-4-12(9-10-20)11-19-16(21)8-7-13-14(17)5-3-6-15(13)18/h3,5-8,12,20H,2,4,9-11H2,1H3,(H,19,21)/b8-7+. The van der Waals surface area contributed by atoms with E-state index in [0.717, 1.165) is 12.8 Å². The highest BCUT2D eigenvalue weighted by Crippen LogP contribution is 2.25. The lowest BCUT2D eigenvalue weighted by molar-refractivity contribution is -0.116. The average Bonchev–Trinajstić information content (AvgIpc) is 2.44. The van der Waals surface area contributed by atoms with E-state index in [1.54, 1.807) is 24.3 Å². The van der Waals surface area contributed by atoms with Gasteiger partial charge in [0.05, 0.1) is 0 Å². The maximum atomic E-state index is 11.8. The third-order valence-electron chi connectivity index (χ3n) is 3.20. The number of hydrogen-bond acceptors (Lipinski definition) is 2. The Hall–Kier alpha value is -1.03. The first-order chi connectivity index (χ1) is 10.1. The predicted octanol–water partition coefficient (Wildman–Crippen LogP) is 3.92. The van der Waals surface area contributed by atoms with Crippen LogP contribution >= 0.6 is 23.2 Å². The Balaban J connectivity index is 2.55. The second kappa shape index (κ2) is 9.82. The van der Waals surface area contributed by atoms with E-state index in [-0.39, 0.29) is 12.5 Å². The fourth-order valence-electron chi connectivity index (χ4n) is 2.07. The molecule has 1 amide bonds. The van der Waals surface area contributed by atoms with E-state index in [1.807, 2.05) is 0 Å². The minimum atomic E-state index is -0.190. The Morgan fingerprint density at radius 1 is 1.33 bits per heavy atom. The van der Waals surface area contributed by atoms with Crippen molar-refractivity contribution >= 4 is 35.2 Å². The van der Waals surface area contributed by atoms with Crippen molar-refractivity contribution in [1.82, 2.24) is 5.32 Å². The van der Waals surface area contributed by atoms with Gasteiger partial charge >= 0.3 is 0 Å². The van der Waals surface area contributed by atoms with E-state index in [4.69, 9.17) is 28.3 Å². The Labute approximate surface area is 136 Å². The molecule has 1 aromatic carbocycles. The van der Waals surface area contributed by atoms with Crippen LogP contribution in [-0.4, -0.2) is 24.2 Å². The quantitative estimate of drug-likeness (QED) is 0.710. The molecule has 1 unspecified atom stereocenters. The zero-order valence-corrected chi connectivity index (χ0v) is 13.6. The van der Waals surface area contributed by atoms with Crippen molar-refractivity contribution in [3.05, 3.63) is 39.9 Å². The summed E-state index contributed by atoms with van der Waals surface area (Å²) in [7, 11) is 0. The Kier molecular flexibility index (Phi) is 8.43. The largest absolute Gasteiger partial charge is 0.396 e. The molecule has 3 nitrogen and oxygen atoms in total. The van der Waals surface area contributed by atoms with Gasteiger partial charge in [-0.1, -0.05) is 42.6 Å². The van der Waals surface area contributed by atoms with Gasteiger partial charge in [0.2, 0.25) is 5.91 Å². The molecule has 2 N–H and O–H groups in total. The van der Waals surface area contributed by atoms with Gasteiger partial charge in [0.15, 0.2) is 0 Å². The molecule has 0 aliphatic carbocycles. The highest BCUT2D eigenvalue weighted by molar-refractivity contribution is 6.37. The van der Waals surface area contributed by atoms with Gasteiger partial charge < -0.3 is 10.4 Å². The van der Waals surface area contributed by atoms with E-state index < -0.39 is 0 Å². The molecular formula is C16H21Cl2NO2. The number of rotatable bonds is 8. The van der Waals surface area contributed by atoms with Crippen molar-refractivity contribution in [1.29, 1.82) is 0 Å². The normalized spacial score (nSPS) is 12.6. The van der Waals surface area contributed by atoms with Gasteiger partial charge in [0, 0.05) is 34.8 Å². The number of halogens is 2. The number of carbonyl (C=O) groups is 1. The number of benzene rings is 1. The predicted molar refractivity (Wildman–Crippen MR) is 88.6 cm³/mol. The van der Waals surface area contributed by atoms with Crippen molar-refractivity contribution < 1.29 is 9.90 Å². The van der Waals surface area contributed by atoms with Gasteiger partial charge in [-0.15, -0.1) is 0 Å². The van der Waals surface area contributed by atoms with Gasteiger partial charge in [-0.2, -0.15) is 0 Å². The number of amides is 1. The number of aliphatic hydroxyl groups excluding tert-OH is 1. The summed E-state index contributed by atoms with van der Waals surface area (Å²) in [6.07, 6.45) is 5.76. The summed E-state index contributed by atoms with van der Waals surface area (Å²) in [5.74, 6) is 0.117. The summed E-state index contributed by atoms with van der Waals surface area (Å²) < 4.78 is 0. The molecule has 0 fully saturated rings. The molecule has 0 aliphatic heterocycles. The highest BCUT2D eigenvalue weighted by Gasteiger charge is 2.08. The lowest BCUT2D eigenvalue weighted by Crippen LogP contribution is -2.28. The molecule has 21 heavy (non-hydrogen) atoms. The molecule has 5 heteroatoms. The Morgan fingerprint density at radius 3 is 2.57 bits per heavy atom. The van der Waals surface area contributed by atoms with Crippen LogP contribution in [0.4, 0.5) is 0 Å². The summed E-state index contributed by atoms with van der Waals surface area (Å²) in [5.41, 5.74) is 0.636. The molecule has 0 radical (unpaired) electrons. The van der Waals surface area contributed by atoms with Crippen LogP contribution in [0.3, 0.4) is 0 Å². The number of nitrogens with one attached hydrogen (secondary N) is 1. The van der Waals surface area contributed by atoms with Crippen LogP contribution in [0.15, 0.2) is 24.3 Å². The summed E-state index contributed by atoms with van der Waals surface area (Å²) in [6.45, 7) is 2.80. The van der Waals surface area contributed by atoms with Crippen LogP contribution in [0.5, 0.6) is 0 Å². The zero-order valence-electron chi connectivity index (χ0n) is 12.1. The van der Waals surface area contributed by atoms with Crippen LogP contribution < -0.4 is 5.32 Å². The van der Waals surface area contributed by atoms with E-state index in [9.17, 15) is 4.79 Å². The number of aliphatic hydroxyl groups is 1. The van der Waals surface area contributed by atoms with Crippen LogP contribution in [0.2, 0.25) is 10.0 Å². The molecule has 1 aromatic rings. The van der Waals surface area contributed by atoms with Crippen molar-refractivity contribution in [3.63, 3.8) is 0 Å². The fourth-order valence-corrected chi connectivity index (χ4v) is 2.60. The van der Waals surface area contributed by atoms with E-state index in [1.165, 1.54) is 6.08 Å². The summed E-state index contributed by atoms with van der Waals surface area (Å²) >= 11 is 12.1. The molecule has 0 aromatic heterocycles. The number of hydrogen-bond donors (Lipinski definition) is 2. The third kappa shape index (κ3) is 6.51. The van der Waals surface area contributed by atoms with Gasteiger partial charge in [0.1, 0.15) is 0 Å². The van der Waals surface area contributed by atoms with E-state index >= 15 is 0 Å².